The Morgan fingerprint density at radius 3 is 2.68 bits per heavy atom. The van der Waals surface area contributed by atoms with Crippen LogP contribution in [0.25, 0.3) is 17.5 Å². The molecule has 6 nitrogen and oxygen atoms in total. The van der Waals surface area contributed by atoms with Crippen LogP contribution >= 0.6 is 0 Å². The molecule has 0 spiro atoms. The minimum atomic E-state index is 0.133. The van der Waals surface area contributed by atoms with Gasteiger partial charge in [0.25, 0.3) is 0 Å². The molecule has 2 aromatic heterocycles. The lowest BCUT2D eigenvalue weighted by Gasteiger charge is -2.18. The number of aryl methyl sites for hydroxylation is 1. The van der Waals surface area contributed by atoms with Crippen molar-refractivity contribution in [2.75, 3.05) is 13.1 Å². The molecule has 6 heteroatoms. The molecule has 0 atom stereocenters. The molecule has 0 saturated heterocycles. The highest BCUT2D eigenvalue weighted by Crippen LogP contribution is 2.15. The van der Waals surface area contributed by atoms with Gasteiger partial charge in [-0.05, 0) is 31.0 Å². The second-order valence-electron chi connectivity index (χ2n) is 6.35. The van der Waals surface area contributed by atoms with E-state index in [1.165, 1.54) is 0 Å². The summed E-state index contributed by atoms with van der Waals surface area (Å²) < 4.78 is 5.28. The average Bonchev–Trinajstić information content (AvgIpc) is 3.21. The van der Waals surface area contributed by atoms with Crippen LogP contribution in [0.3, 0.4) is 0 Å². The SMILES string of the molecule is CCN(CC=Cc1ccccc1)C(=O)CCCc1nc(-c2ccncc2)no1. The summed E-state index contributed by atoms with van der Waals surface area (Å²) in [5, 5.41) is 3.99. The molecule has 0 unspecified atom stereocenters. The summed E-state index contributed by atoms with van der Waals surface area (Å²) in [5.74, 6) is 1.23. The van der Waals surface area contributed by atoms with Crippen molar-refractivity contribution in [2.45, 2.75) is 26.2 Å². The highest BCUT2D eigenvalue weighted by molar-refractivity contribution is 5.76. The van der Waals surface area contributed by atoms with Crippen molar-refractivity contribution < 1.29 is 9.32 Å². The number of nitrogens with zero attached hydrogens (tertiary/aromatic N) is 4. The van der Waals surface area contributed by atoms with Crippen molar-refractivity contribution in [1.82, 2.24) is 20.0 Å². The molecule has 28 heavy (non-hydrogen) atoms. The van der Waals surface area contributed by atoms with Gasteiger partial charge in [-0.3, -0.25) is 9.78 Å². The molecule has 2 heterocycles. The molecule has 0 aliphatic carbocycles. The molecule has 3 aromatic rings. The maximum absolute atomic E-state index is 12.5. The van der Waals surface area contributed by atoms with Gasteiger partial charge in [-0.2, -0.15) is 4.98 Å². The van der Waals surface area contributed by atoms with E-state index in [0.29, 0.717) is 44.1 Å². The zero-order chi connectivity index (χ0) is 19.6. The van der Waals surface area contributed by atoms with Crippen molar-refractivity contribution in [3.63, 3.8) is 0 Å². The molecule has 144 valence electrons. The number of carbonyl (C=O) groups is 1. The number of carbonyl (C=O) groups excluding carboxylic acids is 1. The van der Waals surface area contributed by atoms with Gasteiger partial charge in [0.05, 0.1) is 0 Å². The Kier molecular flexibility index (Phi) is 7.07. The van der Waals surface area contributed by atoms with Crippen molar-refractivity contribution in [1.29, 1.82) is 0 Å². The van der Waals surface area contributed by atoms with Crippen LogP contribution < -0.4 is 0 Å². The number of pyridine rings is 1. The molecule has 1 amide bonds. The minimum absolute atomic E-state index is 0.133. The molecule has 3 rings (SSSR count). The Balaban J connectivity index is 1.45. The van der Waals surface area contributed by atoms with Crippen molar-refractivity contribution >= 4 is 12.0 Å². The Hall–Kier alpha value is -3.28. The second kappa shape index (κ2) is 10.2. The highest BCUT2D eigenvalue weighted by Gasteiger charge is 2.12. The van der Waals surface area contributed by atoms with E-state index in [1.54, 1.807) is 12.4 Å². The fourth-order valence-electron chi connectivity index (χ4n) is 2.81. The summed E-state index contributed by atoms with van der Waals surface area (Å²) in [6, 6.07) is 13.7. The Morgan fingerprint density at radius 2 is 1.93 bits per heavy atom. The van der Waals surface area contributed by atoms with Crippen molar-refractivity contribution in [3.8, 4) is 11.4 Å². The summed E-state index contributed by atoms with van der Waals surface area (Å²) >= 11 is 0. The minimum Gasteiger partial charge on any atom is -0.339 e. The van der Waals surface area contributed by atoms with Crippen LogP contribution in [-0.4, -0.2) is 39.0 Å². The lowest BCUT2D eigenvalue weighted by atomic mass is 10.2. The third kappa shape index (κ3) is 5.61. The number of hydrogen-bond donors (Lipinski definition) is 0. The van der Waals surface area contributed by atoms with Crippen LogP contribution in [-0.2, 0) is 11.2 Å². The summed E-state index contributed by atoms with van der Waals surface area (Å²) in [7, 11) is 0. The normalized spacial score (nSPS) is 11.0. The smallest absolute Gasteiger partial charge is 0.226 e. The van der Waals surface area contributed by atoms with Crippen LogP contribution in [0, 0.1) is 0 Å². The molecule has 0 aliphatic rings. The summed E-state index contributed by atoms with van der Waals surface area (Å²) in [5.41, 5.74) is 2.00. The first-order valence-electron chi connectivity index (χ1n) is 9.48. The number of hydrogen-bond acceptors (Lipinski definition) is 5. The highest BCUT2D eigenvalue weighted by atomic mass is 16.5. The van der Waals surface area contributed by atoms with Gasteiger partial charge in [0.2, 0.25) is 17.6 Å². The van der Waals surface area contributed by atoms with E-state index in [4.69, 9.17) is 4.52 Å². The van der Waals surface area contributed by atoms with E-state index < -0.39 is 0 Å². The Labute approximate surface area is 164 Å². The van der Waals surface area contributed by atoms with Gasteiger partial charge >= 0.3 is 0 Å². The van der Waals surface area contributed by atoms with E-state index in [0.717, 1.165) is 11.1 Å². The molecule has 0 bridgehead atoms. The predicted octanol–water partition coefficient (Wildman–Crippen LogP) is 4.02. The zero-order valence-electron chi connectivity index (χ0n) is 16.0. The van der Waals surface area contributed by atoms with E-state index >= 15 is 0 Å². The Bertz CT molecular complexity index is 891. The van der Waals surface area contributed by atoms with Gasteiger partial charge in [0.1, 0.15) is 0 Å². The monoisotopic (exact) mass is 376 g/mol. The fraction of sp³-hybridized carbons (Fsp3) is 0.273. The quantitative estimate of drug-likeness (QED) is 0.564. The second-order valence-corrected chi connectivity index (χ2v) is 6.35. The van der Waals surface area contributed by atoms with Gasteiger partial charge in [-0.25, -0.2) is 0 Å². The number of aromatic nitrogens is 3. The van der Waals surface area contributed by atoms with Gasteiger partial charge in [0, 0.05) is 43.9 Å². The van der Waals surface area contributed by atoms with E-state index in [1.807, 2.05) is 66.4 Å². The molecule has 0 aliphatic heterocycles. The predicted molar refractivity (Wildman–Crippen MR) is 108 cm³/mol. The zero-order valence-corrected chi connectivity index (χ0v) is 16.0. The summed E-state index contributed by atoms with van der Waals surface area (Å²) in [6.45, 7) is 3.29. The number of rotatable bonds is 9. The lowest BCUT2D eigenvalue weighted by Crippen LogP contribution is -2.30. The van der Waals surface area contributed by atoms with Crippen molar-refractivity contribution in [2.24, 2.45) is 0 Å². The third-order valence-electron chi connectivity index (χ3n) is 4.36. The summed E-state index contributed by atoms with van der Waals surface area (Å²) in [6.07, 6.45) is 9.16. The van der Waals surface area contributed by atoms with E-state index in [-0.39, 0.29) is 5.91 Å². The maximum Gasteiger partial charge on any atom is 0.226 e. The molecule has 0 saturated carbocycles. The van der Waals surface area contributed by atoms with Gasteiger partial charge in [-0.1, -0.05) is 47.6 Å². The standard InChI is InChI=1S/C22H24N4O2/c1-2-26(17-7-10-18-8-4-3-5-9-18)21(27)12-6-11-20-24-22(25-28-20)19-13-15-23-16-14-19/h3-5,7-10,13-16H,2,6,11-12,17H2,1H3. The molecule has 0 fully saturated rings. The fourth-order valence-corrected chi connectivity index (χ4v) is 2.81. The van der Waals surface area contributed by atoms with E-state index in [2.05, 4.69) is 15.1 Å². The number of likely N-dealkylation sites (N-methyl/N-ethyl adjacent to an activating group) is 1. The molecule has 1 aromatic carbocycles. The first kappa shape index (κ1) is 19.5. The van der Waals surface area contributed by atoms with Gasteiger partial charge < -0.3 is 9.42 Å². The number of benzene rings is 1. The molecular weight excluding hydrogens is 352 g/mol. The molecular formula is C22H24N4O2. The number of amides is 1. The third-order valence-corrected chi connectivity index (χ3v) is 4.36. The van der Waals surface area contributed by atoms with Crippen LogP contribution in [0.5, 0.6) is 0 Å². The topological polar surface area (TPSA) is 72.1 Å². The molecule has 0 radical (unpaired) electrons. The first-order valence-corrected chi connectivity index (χ1v) is 9.48. The first-order chi connectivity index (χ1) is 13.8. The lowest BCUT2D eigenvalue weighted by molar-refractivity contribution is -0.130. The largest absolute Gasteiger partial charge is 0.339 e. The van der Waals surface area contributed by atoms with Gasteiger partial charge in [-0.15, -0.1) is 0 Å². The molecule has 0 N–H and O–H groups in total. The van der Waals surface area contributed by atoms with Crippen LogP contribution in [0.1, 0.15) is 31.2 Å². The maximum atomic E-state index is 12.5. The van der Waals surface area contributed by atoms with Crippen molar-refractivity contribution in [3.05, 3.63) is 72.4 Å². The average molecular weight is 376 g/mol. The Morgan fingerprint density at radius 1 is 1.14 bits per heavy atom. The van der Waals surface area contributed by atoms with Crippen LogP contribution in [0.4, 0.5) is 0 Å². The van der Waals surface area contributed by atoms with Crippen LogP contribution in [0.2, 0.25) is 0 Å². The van der Waals surface area contributed by atoms with Gasteiger partial charge in [0.15, 0.2) is 0 Å². The van der Waals surface area contributed by atoms with E-state index in [9.17, 15) is 4.79 Å². The van der Waals surface area contributed by atoms with Crippen LogP contribution in [0.15, 0.2) is 65.5 Å². The summed E-state index contributed by atoms with van der Waals surface area (Å²) in [4.78, 5) is 22.7.